The number of aliphatic carboxylic acids is 1. The molecule has 0 radical (unpaired) electrons. The van der Waals surface area contributed by atoms with Gasteiger partial charge in [0, 0.05) is 11.8 Å². The first-order chi connectivity index (χ1) is 15.8. The van der Waals surface area contributed by atoms with E-state index in [0.717, 1.165) is 0 Å². The Morgan fingerprint density at radius 2 is 1.32 bits per heavy atom. The Labute approximate surface area is 201 Å². The molecule has 0 spiro atoms. The number of hydrogen-bond donors (Lipinski definition) is 2. The van der Waals surface area contributed by atoms with Crippen LogP contribution >= 0.6 is 15.2 Å². The van der Waals surface area contributed by atoms with E-state index in [-0.39, 0.29) is 43.5 Å². The van der Waals surface area contributed by atoms with Gasteiger partial charge in [0.25, 0.3) is 0 Å². The fourth-order valence-electron chi connectivity index (χ4n) is 2.99. The molecule has 1 aromatic rings. The lowest BCUT2D eigenvalue weighted by Gasteiger charge is -2.25. The van der Waals surface area contributed by atoms with E-state index in [1.165, 1.54) is 18.2 Å². The molecule has 0 unspecified atom stereocenters. The summed E-state index contributed by atoms with van der Waals surface area (Å²) in [4.78, 5) is 24.2. The lowest BCUT2D eigenvalue weighted by molar-refractivity contribution is -0.143. The van der Waals surface area contributed by atoms with Gasteiger partial charge in [-0.1, -0.05) is 26.8 Å². The van der Waals surface area contributed by atoms with Crippen LogP contribution in [0.1, 0.15) is 54.0 Å². The Kier molecular flexibility index (Phi) is 11.6. The van der Waals surface area contributed by atoms with Crippen LogP contribution in [0.2, 0.25) is 0 Å². The summed E-state index contributed by atoms with van der Waals surface area (Å²) >= 11 is 0. The minimum absolute atomic E-state index is 0.0229. The summed E-state index contributed by atoms with van der Waals surface area (Å²) in [5.41, 5.74) is -0.371. The van der Waals surface area contributed by atoms with Crippen molar-refractivity contribution in [3.05, 3.63) is 23.8 Å². The van der Waals surface area contributed by atoms with Gasteiger partial charge in [-0.05, 0) is 45.4 Å². The lowest BCUT2D eigenvalue weighted by Crippen LogP contribution is -2.47. The fourth-order valence-corrected chi connectivity index (χ4v) is 7.07. The predicted octanol–water partition coefficient (Wildman–Crippen LogP) is 3.63. The fraction of sp³-hybridized carbons (Fsp3) is 0.636. The number of carboxylic acids is 1. The normalized spacial score (nSPS) is 13.5. The van der Waals surface area contributed by atoms with Gasteiger partial charge in [0.2, 0.25) is 5.91 Å². The van der Waals surface area contributed by atoms with Crippen LogP contribution in [0, 0.1) is 5.41 Å². The van der Waals surface area contributed by atoms with Gasteiger partial charge in [-0.25, -0.2) is 4.79 Å². The SMILES string of the molecule is CCOP(=O)(OCC)c1ccc(C[C@H](NC(=O)C(C)(C)C)C(=O)O)cc1P(=O)(OCC)OCC. The number of rotatable bonds is 14. The zero-order valence-corrected chi connectivity index (χ0v) is 22.7. The van der Waals surface area contributed by atoms with Crippen molar-refractivity contribution in [3.63, 3.8) is 0 Å². The summed E-state index contributed by atoms with van der Waals surface area (Å²) in [5, 5.41) is 12.2. The number of hydrogen-bond acceptors (Lipinski definition) is 8. The molecule has 12 heteroatoms. The third-order valence-electron chi connectivity index (χ3n) is 4.55. The third kappa shape index (κ3) is 8.01. The molecule has 34 heavy (non-hydrogen) atoms. The van der Waals surface area contributed by atoms with Gasteiger partial charge >= 0.3 is 21.2 Å². The van der Waals surface area contributed by atoms with Crippen LogP contribution in [0.25, 0.3) is 0 Å². The van der Waals surface area contributed by atoms with Crippen molar-refractivity contribution in [3.8, 4) is 0 Å². The van der Waals surface area contributed by atoms with Gasteiger partial charge in [-0.3, -0.25) is 13.9 Å². The van der Waals surface area contributed by atoms with Gasteiger partial charge in [0.1, 0.15) is 6.04 Å². The molecule has 2 N–H and O–H groups in total. The Hall–Kier alpha value is -1.54. The topological polar surface area (TPSA) is 137 Å². The molecule has 0 bridgehead atoms. The number of carbonyl (C=O) groups is 2. The molecular formula is C22H37NO9P2. The molecule has 10 nitrogen and oxygen atoms in total. The molecule has 0 aliphatic heterocycles. The number of benzene rings is 1. The average molecular weight is 521 g/mol. The second-order valence-corrected chi connectivity index (χ2v) is 12.3. The molecule has 1 rings (SSSR count). The molecule has 1 aromatic carbocycles. The van der Waals surface area contributed by atoms with E-state index in [0.29, 0.717) is 5.56 Å². The monoisotopic (exact) mass is 521 g/mol. The maximum atomic E-state index is 13.7. The first kappa shape index (κ1) is 30.5. The standard InChI is InChI=1S/C22H37NO9P2/c1-8-29-33(27,30-9-2)18-13-12-16(15-19(18)34(28,31-10-3)32-11-4)14-17(20(24)25)23-21(26)22(5,6)7/h12-13,15,17H,8-11,14H2,1-7H3,(H,23,26)(H,24,25)/t17-/m0/s1. The quantitative estimate of drug-likeness (QED) is 0.352. The predicted molar refractivity (Wildman–Crippen MR) is 130 cm³/mol. The van der Waals surface area contributed by atoms with Crippen LogP contribution in [0.5, 0.6) is 0 Å². The van der Waals surface area contributed by atoms with Crippen LogP contribution < -0.4 is 15.9 Å². The summed E-state index contributed by atoms with van der Waals surface area (Å²) in [7, 11) is -7.86. The second-order valence-electron chi connectivity index (χ2n) is 8.31. The Bertz CT molecular complexity index is 923. The highest BCUT2D eigenvalue weighted by molar-refractivity contribution is 7.68. The van der Waals surface area contributed by atoms with Crippen molar-refractivity contribution >= 4 is 37.7 Å². The van der Waals surface area contributed by atoms with Gasteiger partial charge in [0.15, 0.2) is 0 Å². The molecule has 0 saturated carbocycles. The Morgan fingerprint density at radius 1 is 0.882 bits per heavy atom. The van der Waals surface area contributed by atoms with E-state index < -0.39 is 38.5 Å². The molecule has 0 aliphatic carbocycles. The van der Waals surface area contributed by atoms with Crippen LogP contribution in [0.3, 0.4) is 0 Å². The highest BCUT2D eigenvalue weighted by Gasteiger charge is 2.39. The number of carbonyl (C=O) groups excluding carboxylic acids is 1. The van der Waals surface area contributed by atoms with Gasteiger partial charge in [0.05, 0.1) is 37.0 Å². The highest BCUT2D eigenvalue weighted by atomic mass is 31.2. The zero-order valence-electron chi connectivity index (χ0n) is 21.0. The highest BCUT2D eigenvalue weighted by Crippen LogP contribution is 2.53. The van der Waals surface area contributed by atoms with Crippen molar-refractivity contribution in [2.45, 2.75) is 60.9 Å². The third-order valence-corrected chi connectivity index (χ3v) is 9.06. The summed E-state index contributed by atoms with van der Waals surface area (Å²) in [5.74, 6) is -1.65. The largest absolute Gasteiger partial charge is 0.480 e. The van der Waals surface area contributed by atoms with Crippen LogP contribution in [-0.4, -0.2) is 49.5 Å². The van der Waals surface area contributed by atoms with Crippen molar-refractivity contribution in [1.29, 1.82) is 0 Å². The molecule has 0 heterocycles. The van der Waals surface area contributed by atoms with E-state index in [1.54, 1.807) is 48.5 Å². The van der Waals surface area contributed by atoms with E-state index in [4.69, 9.17) is 18.1 Å². The molecule has 1 amide bonds. The first-order valence-electron chi connectivity index (χ1n) is 11.2. The smallest absolute Gasteiger partial charge is 0.362 e. The van der Waals surface area contributed by atoms with E-state index in [1.807, 2.05) is 0 Å². The minimum Gasteiger partial charge on any atom is -0.480 e. The molecule has 0 saturated heterocycles. The van der Waals surface area contributed by atoms with E-state index >= 15 is 0 Å². The van der Waals surface area contributed by atoms with Crippen molar-refractivity contribution in [2.24, 2.45) is 5.41 Å². The maximum absolute atomic E-state index is 13.7. The number of carboxylic acid groups (broad SMARTS) is 1. The average Bonchev–Trinajstić information content (AvgIpc) is 2.73. The molecule has 194 valence electrons. The molecule has 0 aromatic heterocycles. The second kappa shape index (κ2) is 13.0. The summed E-state index contributed by atoms with van der Waals surface area (Å²) in [6.07, 6.45) is -0.115. The molecular weight excluding hydrogens is 484 g/mol. The Morgan fingerprint density at radius 3 is 1.71 bits per heavy atom. The lowest BCUT2D eigenvalue weighted by atomic mass is 9.94. The minimum atomic E-state index is -3.97. The summed E-state index contributed by atoms with van der Waals surface area (Å²) in [6, 6.07) is 3.14. The number of amides is 1. The van der Waals surface area contributed by atoms with Crippen LogP contribution in [0.4, 0.5) is 0 Å². The summed E-state index contributed by atoms with van der Waals surface area (Å²) < 4.78 is 49.1. The van der Waals surface area contributed by atoms with Crippen LogP contribution in [0.15, 0.2) is 18.2 Å². The van der Waals surface area contributed by atoms with Crippen LogP contribution in [-0.2, 0) is 43.2 Å². The zero-order chi connectivity index (χ0) is 26.2. The van der Waals surface area contributed by atoms with E-state index in [2.05, 4.69) is 5.32 Å². The van der Waals surface area contributed by atoms with Crippen molar-refractivity contribution < 1.29 is 41.9 Å². The molecule has 1 atom stereocenters. The maximum Gasteiger partial charge on any atom is 0.362 e. The van der Waals surface area contributed by atoms with Gasteiger partial charge in [-0.2, -0.15) is 0 Å². The number of nitrogens with one attached hydrogen (secondary N) is 1. The molecule has 0 fully saturated rings. The Balaban J connectivity index is 3.63. The van der Waals surface area contributed by atoms with E-state index in [9.17, 15) is 23.8 Å². The summed E-state index contributed by atoms with van der Waals surface area (Å²) in [6.45, 7) is 11.9. The van der Waals surface area contributed by atoms with Crippen molar-refractivity contribution in [2.75, 3.05) is 26.4 Å². The first-order valence-corrected chi connectivity index (χ1v) is 14.3. The van der Waals surface area contributed by atoms with Gasteiger partial charge < -0.3 is 28.5 Å². The molecule has 0 aliphatic rings. The van der Waals surface area contributed by atoms with Crippen molar-refractivity contribution in [1.82, 2.24) is 5.32 Å². The van der Waals surface area contributed by atoms with Gasteiger partial charge in [-0.15, -0.1) is 0 Å².